The van der Waals surface area contributed by atoms with Crippen LogP contribution in [0.3, 0.4) is 0 Å². The van der Waals surface area contributed by atoms with Gasteiger partial charge in [0.25, 0.3) is 0 Å². The maximum absolute atomic E-state index is 9.60. The number of rotatable bonds is 3. The van der Waals surface area contributed by atoms with Crippen molar-refractivity contribution in [3.63, 3.8) is 0 Å². The Morgan fingerprint density at radius 1 is 1.36 bits per heavy atom. The number of hydrogen-bond donors (Lipinski definition) is 2. The average molecular weight is 161 g/mol. The number of primary amides is 1. The van der Waals surface area contributed by atoms with Crippen LogP contribution in [0.1, 0.15) is 33.1 Å². The molecule has 0 rings (SSSR count). The Morgan fingerprint density at radius 2 is 1.73 bits per heavy atom. The van der Waals surface area contributed by atoms with Crippen LogP contribution in [0.4, 0.5) is 0 Å². The molecule has 3 N–H and O–H groups in total. The van der Waals surface area contributed by atoms with Crippen molar-refractivity contribution in [1.29, 1.82) is 0 Å². The molecule has 0 aromatic carbocycles. The number of aliphatic carboxylic acids is 1. The smallest absolute Gasteiger partial charge is 0.303 e. The highest BCUT2D eigenvalue weighted by Gasteiger charge is 1.87. The third-order valence-corrected chi connectivity index (χ3v) is 0.812. The number of amides is 1. The van der Waals surface area contributed by atoms with E-state index in [9.17, 15) is 9.59 Å². The van der Waals surface area contributed by atoms with Crippen LogP contribution in [0.15, 0.2) is 0 Å². The summed E-state index contributed by atoms with van der Waals surface area (Å²) >= 11 is 0. The lowest BCUT2D eigenvalue weighted by atomic mass is 10.4. The predicted molar refractivity (Wildman–Crippen MR) is 42.0 cm³/mol. The SMILES string of the molecule is CCC(N)=O.CCCC(=O)O. The zero-order valence-electron chi connectivity index (χ0n) is 6.96. The fraction of sp³-hybridized carbons (Fsp3) is 0.714. The van der Waals surface area contributed by atoms with Crippen LogP contribution in [0.2, 0.25) is 0 Å². The number of carbonyl (C=O) groups excluding carboxylic acids is 1. The molecule has 4 heteroatoms. The summed E-state index contributed by atoms with van der Waals surface area (Å²) in [6.45, 7) is 3.57. The first-order chi connectivity index (χ1) is 5.04. The molecule has 0 aromatic heterocycles. The summed E-state index contributed by atoms with van der Waals surface area (Å²) in [7, 11) is 0. The minimum atomic E-state index is -0.711. The Kier molecular flexibility index (Phi) is 10.2. The van der Waals surface area contributed by atoms with Crippen molar-refractivity contribution in [2.24, 2.45) is 5.73 Å². The highest BCUT2D eigenvalue weighted by molar-refractivity contribution is 5.73. The molecule has 0 bridgehead atoms. The molecule has 0 saturated heterocycles. The third kappa shape index (κ3) is 27.7. The van der Waals surface area contributed by atoms with Gasteiger partial charge < -0.3 is 10.8 Å². The van der Waals surface area contributed by atoms with Crippen molar-refractivity contribution in [3.05, 3.63) is 0 Å². The van der Waals surface area contributed by atoms with Crippen LogP contribution in [0.25, 0.3) is 0 Å². The lowest BCUT2D eigenvalue weighted by Gasteiger charge is -1.79. The highest BCUT2D eigenvalue weighted by atomic mass is 16.4. The number of hydrogen-bond acceptors (Lipinski definition) is 2. The Morgan fingerprint density at radius 3 is 1.73 bits per heavy atom. The van der Waals surface area contributed by atoms with Gasteiger partial charge in [-0.05, 0) is 6.42 Å². The second-order valence-corrected chi connectivity index (χ2v) is 1.96. The fourth-order valence-electron chi connectivity index (χ4n) is 0.214. The molecular weight excluding hydrogens is 146 g/mol. The van der Waals surface area contributed by atoms with E-state index in [4.69, 9.17) is 5.11 Å². The van der Waals surface area contributed by atoms with E-state index in [1.807, 2.05) is 6.92 Å². The van der Waals surface area contributed by atoms with Crippen LogP contribution in [-0.2, 0) is 9.59 Å². The second-order valence-electron chi connectivity index (χ2n) is 1.96. The summed E-state index contributed by atoms with van der Waals surface area (Å²) in [5, 5.41) is 7.91. The maximum Gasteiger partial charge on any atom is 0.303 e. The van der Waals surface area contributed by atoms with Gasteiger partial charge in [-0.1, -0.05) is 13.8 Å². The van der Waals surface area contributed by atoms with E-state index in [-0.39, 0.29) is 5.91 Å². The number of carbonyl (C=O) groups is 2. The zero-order chi connectivity index (χ0) is 9.28. The van der Waals surface area contributed by atoms with Gasteiger partial charge in [-0.25, -0.2) is 0 Å². The number of carboxylic acid groups (broad SMARTS) is 1. The predicted octanol–water partition coefficient (Wildman–Crippen LogP) is 0.753. The molecular formula is C7H15NO3. The monoisotopic (exact) mass is 161 g/mol. The molecule has 0 atom stereocenters. The van der Waals surface area contributed by atoms with Gasteiger partial charge in [-0.3, -0.25) is 9.59 Å². The van der Waals surface area contributed by atoms with Crippen molar-refractivity contribution >= 4 is 11.9 Å². The van der Waals surface area contributed by atoms with Gasteiger partial charge >= 0.3 is 5.97 Å². The van der Waals surface area contributed by atoms with Crippen LogP contribution in [0.5, 0.6) is 0 Å². The summed E-state index contributed by atoms with van der Waals surface area (Å²) in [4.78, 5) is 19.2. The van der Waals surface area contributed by atoms with Gasteiger partial charge in [0, 0.05) is 12.8 Å². The Labute approximate surface area is 66.4 Å². The standard InChI is InChI=1S/C4H8O2.C3H7NO/c1-2-3-4(5)6;1-2-3(4)5/h2-3H2,1H3,(H,5,6);2H2,1H3,(H2,4,5). The van der Waals surface area contributed by atoms with Crippen molar-refractivity contribution in [1.82, 2.24) is 0 Å². The molecule has 0 aromatic rings. The first-order valence-electron chi connectivity index (χ1n) is 3.54. The Balaban J connectivity index is 0. The quantitative estimate of drug-likeness (QED) is 0.641. The molecule has 0 heterocycles. The maximum atomic E-state index is 9.60. The summed E-state index contributed by atoms with van der Waals surface area (Å²) < 4.78 is 0. The number of carboxylic acids is 1. The van der Waals surface area contributed by atoms with E-state index in [1.165, 1.54) is 0 Å². The van der Waals surface area contributed by atoms with E-state index in [0.29, 0.717) is 12.8 Å². The molecule has 0 unspecified atom stereocenters. The van der Waals surface area contributed by atoms with Crippen LogP contribution < -0.4 is 5.73 Å². The normalized spacial score (nSPS) is 7.82. The molecule has 0 aliphatic rings. The zero-order valence-corrected chi connectivity index (χ0v) is 6.96. The molecule has 0 fully saturated rings. The molecule has 11 heavy (non-hydrogen) atoms. The van der Waals surface area contributed by atoms with Crippen molar-refractivity contribution in [2.45, 2.75) is 33.1 Å². The minimum Gasteiger partial charge on any atom is -0.481 e. The van der Waals surface area contributed by atoms with Gasteiger partial charge in [0.15, 0.2) is 0 Å². The fourth-order valence-corrected chi connectivity index (χ4v) is 0.214. The molecule has 4 nitrogen and oxygen atoms in total. The molecule has 0 saturated carbocycles. The highest BCUT2D eigenvalue weighted by Crippen LogP contribution is 1.82. The van der Waals surface area contributed by atoms with E-state index in [0.717, 1.165) is 6.42 Å². The van der Waals surface area contributed by atoms with Gasteiger partial charge in [0.2, 0.25) is 5.91 Å². The van der Waals surface area contributed by atoms with Crippen molar-refractivity contribution in [2.75, 3.05) is 0 Å². The summed E-state index contributed by atoms with van der Waals surface area (Å²) in [5.41, 5.74) is 4.65. The topological polar surface area (TPSA) is 80.4 Å². The first-order valence-corrected chi connectivity index (χ1v) is 3.54. The first kappa shape index (κ1) is 12.6. The molecule has 1 amide bonds. The summed E-state index contributed by atoms with van der Waals surface area (Å²) in [6, 6.07) is 0. The van der Waals surface area contributed by atoms with Crippen LogP contribution >= 0.6 is 0 Å². The second kappa shape index (κ2) is 8.94. The summed E-state index contributed by atoms with van der Waals surface area (Å²) in [5.74, 6) is -0.956. The minimum absolute atomic E-state index is 0.245. The Hall–Kier alpha value is -1.06. The molecule has 0 radical (unpaired) electrons. The van der Waals surface area contributed by atoms with E-state index >= 15 is 0 Å². The van der Waals surface area contributed by atoms with Crippen molar-refractivity contribution < 1.29 is 14.7 Å². The number of nitrogens with two attached hydrogens (primary N) is 1. The summed E-state index contributed by atoms with van der Waals surface area (Å²) in [6.07, 6.45) is 1.47. The van der Waals surface area contributed by atoms with Crippen LogP contribution in [-0.4, -0.2) is 17.0 Å². The van der Waals surface area contributed by atoms with Crippen LogP contribution in [0, 0.1) is 0 Å². The van der Waals surface area contributed by atoms with E-state index < -0.39 is 5.97 Å². The molecule has 0 aliphatic heterocycles. The molecule has 0 spiro atoms. The molecule has 0 aliphatic carbocycles. The van der Waals surface area contributed by atoms with Gasteiger partial charge in [-0.15, -0.1) is 0 Å². The third-order valence-electron chi connectivity index (χ3n) is 0.812. The van der Waals surface area contributed by atoms with Crippen molar-refractivity contribution in [3.8, 4) is 0 Å². The van der Waals surface area contributed by atoms with Gasteiger partial charge in [0.05, 0.1) is 0 Å². The molecule has 66 valence electrons. The largest absolute Gasteiger partial charge is 0.481 e. The van der Waals surface area contributed by atoms with Gasteiger partial charge in [0.1, 0.15) is 0 Å². The lowest BCUT2D eigenvalue weighted by Crippen LogP contribution is -2.06. The lowest BCUT2D eigenvalue weighted by molar-refractivity contribution is -0.137. The van der Waals surface area contributed by atoms with Gasteiger partial charge in [-0.2, -0.15) is 0 Å². The average Bonchev–Trinajstić information content (AvgIpc) is 1.89. The van der Waals surface area contributed by atoms with E-state index in [2.05, 4.69) is 5.73 Å². The Bertz CT molecular complexity index is 123. The van der Waals surface area contributed by atoms with E-state index in [1.54, 1.807) is 6.92 Å².